The van der Waals surface area contributed by atoms with Crippen molar-refractivity contribution in [2.45, 2.75) is 13.3 Å². The molecular formula is C11H15N3O4. The maximum absolute atomic E-state index is 11.3. The van der Waals surface area contributed by atoms with Gasteiger partial charge >= 0.3 is 12.0 Å². The standard InChI is InChI=1S/C11H15N3O4/c1-2-18-9-4-3-8(7-13-9)14-11(17)12-6-5-10(15)16/h3-4,7H,2,5-6H2,1H3,(H,15,16)(H2,12,14,17). The van der Waals surface area contributed by atoms with Crippen LogP contribution in [0.5, 0.6) is 5.88 Å². The highest BCUT2D eigenvalue weighted by atomic mass is 16.5. The molecule has 2 amide bonds. The van der Waals surface area contributed by atoms with Crippen molar-refractivity contribution in [2.24, 2.45) is 0 Å². The normalized spacial score (nSPS) is 9.61. The first-order chi connectivity index (χ1) is 8.61. The Morgan fingerprint density at radius 3 is 2.78 bits per heavy atom. The second kappa shape index (κ2) is 7.10. The number of amides is 2. The zero-order valence-electron chi connectivity index (χ0n) is 9.97. The van der Waals surface area contributed by atoms with Gasteiger partial charge in [-0.05, 0) is 13.0 Å². The number of nitrogens with one attached hydrogen (secondary N) is 2. The molecule has 0 fully saturated rings. The maximum atomic E-state index is 11.3. The molecule has 1 aromatic heterocycles. The Hall–Kier alpha value is -2.31. The molecule has 0 atom stereocenters. The topological polar surface area (TPSA) is 101 Å². The molecule has 0 aliphatic carbocycles. The van der Waals surface area contributed by atoms with Gasteiger partial charge in [0.25, 0.3) is 0 Å². The van der Waals surface area contributed by atoms with E-state index < -0.39 is 12.0 Å². The Morgan fingerprint density at radius 2 is 2.22 bits per heavy atom. The number of aliphatic carboxylic acids is 1. The van der Waals surface area contributed by atoms with Crippen molar-refractivity contribution in [3.8, 4) is 5.88 Å². The number of carbonyl (C=O) groups excluding carboxylic acids is 1. The Bertz CT molecular complexity index is 405. The van der Waals surface area contributed by atoms with Crippen LogP contribution in [-0.2, 0) is 4.79 Å². The third kappa shape index (κ3) is 5.15. The number of urea groups is 1. The van der Waals surface area contributed by atoms with Crippen LogP contribution in [0, 0.1) is 0 Å². The van der Waals surface area contributed by atoms with Crippen LogP contribution in [0.2, 0.25) is 0 Å². The van der Waals surface area contributed by atoms with E-state index in [1.165, 1.54) is 6.20 Å². The van der Waals surface area contributed by atoms with Gasteiger partial charge in [-0.25, -0.2) is 9.78 Å². The van der Waals surface area contributed by atoms with E-state index in [4.69, 9.17) is 9.84 Å². The molecule has 0 bridgehead atoms. The molecule has 1 heterocycles. The van der Waals surface area contributed by atoms with Gasteiger partial charge in [0, 0.05) is 12.6 Å². The molecule has 18 heavy (non-hydrogen) atoms. The zero-order valence-corrected chi connectivity index (χ0v) is 9.97. The molecule has 3 N–H and O–H groups in total. The van der Waals surface area contributed by atoms with Crippen LogP contribution in [0.15, 0.2) is 18.3 Å². The van der Waals surface area contributed by atoms with Crippen molar-refractivity contribution in [3.63, 3.8) is 0 Å². The molecule has 7 nitrogen and oxygen atoms in total. The number of nitrogens with zero attached hydrogens (tertiary/aromatic N) is 1. The third-order valence-corrected chi connectivity index (χ3v) is 1.91. The fourth-order valence-electron chi connectivity index (χ4n) is 1.15. The van der Waals surface area contributed by atoms with Crippen LogP contribution in [0.4, 0.5) is 10.5 Å². The summed E-state index contributed by atoms with van der Waals surface area (Å²) in [5.74, 6) is -0.479. The van der Waals surface area contributed by atoms with Gasteiger partial charge < -0.3 is 20.5 Å². The summed E-state index contributed by atoms with van der Waals surface area (Å²) in [4.78, 5) is 25.5. The highest BCUT2D eigenvalue weighted by Crippen LogP contribution is 2.11. The number of anilines is 1. The summed E-state index contributed by atoms with van der Waals surface area (Å²) in [5, 5.41) is 13.3. The van der Waals surface area contributed by atoms with Crippen molar-refractivity contribution in [3.05, 3.63) is 18.3 Å². The second-order valence-corrected chi connectivity index (χ2v) is 3.34. The summed E-state index contributed by atoms with van der Waals surface area (Å²) >= 11 is 0. The summed E-state index contributed by atoms with van der Waals surface area (Å²) < 4.78 is 5.15. The highest BCUT2D eigenvalue weighted by molar-refractivity contribution is 5.89. The van der Waals surface area contributed by atoms with Gasteiger partial charge in [-0.1, -0.05) is 0 Å². The lowest BCUT2D eigenvalue weighted by Gasteiger charge is -2.07. The number of ether oxygens (including phenoxy) is 1. The van der Waals surface area contributed by atoms with Crippen molar-refractivity contribution < 1.29 is 19.4 Å². The average molecular weight is 253 g/mol. The van der Waals surface area contributed by atoms with E-state index in [-0.39, 0.29) is 13.0 Å². The minimum Gasteiger partial charge on any atom is -0.481 e. The Balaban J connectivity index is 2.37. The summed E-state index contributed by atoms with van der Waals surface area (Å²) in [7, 11) is 0. The van der Waals surface area contributed by atoms with Gasteiger partial charge in [-0.2, -0.15) is 0 Å². The molecule has 0 radical (unpaired) electrons. The molecule has 0 aromatic carbocycles. The average Bonchev–Trinajstić information content (AvgIpc) is 2.31. The lowest BCUT2D eigenvalue weighted by Crippen LogP contribution is -2.30. The van der Waals surface area contributed by atoms with E-state index >= 15 is 0 Å². The van der Waals surface area contributed by atoms with Crippen molar-refractivity contribution in [1.82, 2.24) is 10.3 Å². The van der Waals surface area contributed by atoms with Crippen molar-refractivity contribution in [2.75, 3.05) is 18.5 Å². The largest absolute Gasteiger partial charge is 0.481 e. The SMILES string of the molecule is CCOc1ccc(NC(=O)NCCC(=O)O)cn1. The first-order valence-corrected chi connectivity index (χ1v) is 5.47. The molecule has 0 aliphatic rings. The third-order valence-electron chi connectivity index (χ3n) is 1.91. The van der Waals surface area contributed by atoms with E-state index in [0.717, 1.165) is 0 Å². The Labute approximate surface area is 104 Å². The quantitative estimate of drug-likeness (QED) is 0.704. The molecular weight excluding hydrogens is 238 g/mol. The predicted octanol–water partition coefficient (Wildman–Crippen LogP) is 1.08. The van der Waals surface area contributed by atoms with Crippen LogP contribution in [-0.4, -0.2) is 35.2 Å². The highest BCUT2D eigenvalue weighted by Gasteiger charge is 2.03. The maximum Gasteiger partial charge on any atom is 0.319 e. The summed E-state index contributed by atoms with van der Waals surface area (Å²) in [6, 6.07) is 2.81. The number of pyridine rings is 1. The number of carboxylic acids is 1. The number of carbonyl (C=O) groups is 2. The summed E-state index contributed by atoms with van der Waals surface area (Å²) in [5.41, 5.74) is 0.506. The van der Waals surface area contributed by atoms with Crippen LogP contribution in [0.25, 0.3) is 0 Å². The molecule has 7 heteroatoms. The van der Waals surface area contributed by atoms with E-state index in [9.17, 15) is 9.59 Å². The van der Waals surface area contributed by atoms with Crippen molar-refractivity contribution in [1.29, 1.82) is 0 Å². The van der Waals surface area contributed by atoms with Gasteiger partial charge in [0.1, 0.15) is 0 Å². The number of carboxylic acid groups (broad SMARTS) is 1. The van der Waals surface area contributed by atoms with E-state index in [2.05, 4.69) is 15.6 Å². The number of aromatic nitrogens is 1. The Morgan fingerprint density at radius 1 is 1.44 bits per heavy atom. The van der Waals surface area contributed by atoms with Gasteiger partial charge in [0.15, 0.2) is 0 Å². The van der Waals surface area contributed by atoms with E-state index in [1.54, 1.807) is 12.1 Å². The van der Waals surface area contributed by atoms with Gasteiger partial charge in [0.05, 0.1) is 24.9 Å². The van der Waals surface area contributed by atoms with Gasteiger partial charge in [0.2, 0.25) is 5.88 Å². The zero-order chi connectivity index (χ0) is 13.4. The molecule has 98 valence electrons. The minimum absolute atomic E-state index is 0.0750. The number of hydrogen-bond donors (Lipinski definition) is 3. The molecule has 0 unspecified atom stereocenters. The molecule has 0 saturated carbocycles. The smallest absolute Gasteiger partial charge is 0.319 e. The fraction of sp³-hybridized carbons (Fsp3) is 0.364. The molecule has 1 aromatic rings. The second-order valence-electron chi connectivity index (χ2n) is 3.34. The van der Waals surface area contributed by atoms with Gasteiger partial charge in [-0.3, -0.25) is 4.79 Å². The van der Waals surface area contributed by atoms with Crippen LogP contribution in [0.3, 0.4) is 0 Å². The predicted molar refractivity (Wildman–Crippen MR) is 64.7 cm³/mol. The molecule has 0 spiro atoms. The van der Waals surface area contributed by atoms with Crippen LogP contribution < -0.4 is 15.4 Å². The summed E-state index contributed by atoms with van der Waals surface area (Å²) in [6.07, 6.45) is 1.34. The van der Waals surface area contributed by atoms with Crippen molar-refractivity contribution >= 4 is 17.7 Å². The van der Waals surface area contributed by atoms with Crippen LogP contribution >= 0.6 is 0 Å². The first-order valence-electron chi connectivity index (χ1n) is 5.47. The minimum atomic E-state index is -0.960. The molecule has 0 aliphatic heterocycles. The first kappa shape index (κ1) is 13.8. The fourth-order valence-corrected chi connectivity index (χ4v) is 1.15. The number of rotatable bonds is 6. The Kier molecular flexibility index (Phi) is 5.43. The number of hydrogen-bond acceptors (Lipinski definition) is 4. The van der Waals surface area contributed by atoms with E-state index in [0.29, 0.717) is 18.2 Å². The van der Waals surface area contributed by atoms with Crippen LogP contribution in [0.1, 0.15) is 13.3 Å². The van der Waals surface area contributed by atoms with E-state index in [1.807, 2.05) is 6.92 Å². The lowest BCUT2D eigenvalue weighted by atomic mass is 10.4. The molecule has 1 rings (SSSR count). The lowest BCUT2D eigenvalue weighted by molar-refractivity contribution is -0.136. The monoisotopic (exact) mass is 253 g/mol. The van der Waals surface area contributed by atoms with Gasteiger partial charge in [-0.15, -0.1) is 0 Å². The molecule has 0 saturated heterocycles. The summed E-state index contributed by atoms with van der Waals surface area (Å²) in [6.45, 7) is 2.45.